The number of halogens is 2. The summed E-state index contributed by atoms with van der Waals surface area (Å²) in [5.74, 6) is 1.08. The summed E-state index contributed by atoms with van der Waals surface area (Å²) in [5.41, 5.74) is 1.36. The van der Waals surface area contributed by atoms with Gasteiger partial charge in [0, 0.05) is 12.6 Å². The first kappa shape index (κ1) is 26.0. The Morgan fingerprint density at radius 1 is 1.07 bits per heavy atom. The molecule has 166 valence electrons. The molecule has 0 aliphatic carbocycles. The van der Waals surface area contributed by atoms with Crippen LogP contribution in [0.25, 0.3) is 0 Å². The minimum absolute atomic E-state index is 0. The van der Waals surface area contributed by atoms with E-state index in [-0.39, 0.29) is 30.7 Å². The summed E-state index contributed by atoms with van der Waals surface area (Å²) in [6.07, 6.45) is 8.58. The number of ether oxygens (including phenoxy) is 1. The van der Waals surface area contributed by atoms with Crippen molar-refractivity contribution in [2.45, 2.75) is 51.0 Å². The number of carbonyl (C=O) groups excluding carboxylic acids is 1. The lowest BCUT2D eigenvalue weighted by molar-refractivity contribution is -0.130. The lowest BCUT2D eigenvalue weighted by Gasteiger charge is -2.36. The van der Waals surface area contributed by atoms with E-state index in [1.165, 1.54) is 37.8 Å². The van der Waals surface area contributed by atoms with Crippen molar-refractivity contribution in [2.24, 2.45) is 0 Å². The number of likely N-dealkylation sites (N-methyl/N-ethyl adjacent to an activating group) is 1. The van der Waals surface area contributed by atoms with Gasteiger partial charge in [-0.15, -0.1) is 24.8 Å². The predicted octanol–water partition coefficient (Wildman–Crippen LogP) is 3.54. The fourth-order valence-corrected chi connectivity index (χ4v) is 4.32. The Balaban J connectivity index is 0.00000210. The van der Waals surface area contributed by atoms with Gasteiger partial charge in [-0.1, -0.05) is 18.6 Å². The van der Waals surface area contributed by atoms with Crippen molar-refractivity contribution in [2.75, 3.05) is 46.4 Å². The Hall–Kier alpha value is -1.01. The second-order valence-electron chi connectivity index (χ2n) is 7.84. The fraction of sp³-hybridized carbons (Fsp3) is 0.682. The monoisotopic (exact) mass is 445 g/mol. The van der Waals surface area contributed by atoms with Crippen LogP contribution in [0.5, 0.6) is 5.75 Å². The topological polar surface area (TPSA) is 44.8 Å². The number of nitrogens with one attached hydrogen (secondary N) is 1. The Kier molecular flexibility index (Phi) is 12.6. The summed E-state index contributed by atoms with van der Waals surface area (Å²) in [7, 11) is 1.82. The minimum atomic E-state index is 0. The summed E-state index contributed by atoms with van der Waals surface area (Å²) in [5, 5.41) is 2.98. The molecule has 0 spiro atoms. The Bertz CT molecular complexity index is 603. The molecule has 29 heavy (non-hydrogen) atoms. The van der Waals surface area contributed by atoms with Crippen molar-refractivity contribution < 1.29 is 9.53 Å². The smallest absolute Gasteiger partial charge is 0.236 e. The Morgan fingerprint density at radius 2 is 1.83 bits per heavy atom. The highest BCUT2D eigenvalue weighted by atomic mass is 35.5. The highest BCUT2D eigenvalue weighted by Gasteiger charge is 2.22. The van der Waals surface area contributed by atoms with E-state index >= 15 is 0 Å². The van der Waals surface area contributed by atoms with Gasteiger partial charge in [0.05, 0.1) is 13.1 Å². The van der Waals surface area contributed by atoms with Crippen LogP contribution in [0.3, 0.4) is 0 Å². The molecule has 2 bridgehead atoms. The highest BCUT2D eigenvalue weighted by Crippen LogP contribution is 2.23. The van der Waals surface area contributed by atoms with E-state index in [4.69, 9.17) is 4.74 Å². The number of fused-ring (bicyclic) bond motifs is 3. The molecule has 0 aromatic heterocycles. The number of rotatable bonds is 2. The van der Waals surface area contributed by atoms with E-state index in [0.29, 0.717) is 25.7 Å². The summed E-state index contributed by atoms with van der Waals surface area (Å²) < 4.78 is 5.96. The van der Waals surface area contributed by atoms with Crippen LogP contribution < -0.4 is 10.1 Å². The highest BCUT2D eigenvalue weighted by molar-refractivity contribution is 5.85. The molecule has 1 N–H and O–H groups in total. The molecule has 1 amide bonds. The number of benzene rings is 1. The third-order valence-electron chi connectivity index (χ3n) is 5.85. The number of nitrogens with zero attached hydrogens (tertiary/aromatic N) is 2. The number of carbonyl (C=O) groups is 1. The van der Waals surface area contributed by atoms with Crippen LogP contribution in [-0.4, -0.2) is 68.1 Å². The second kappa shape index (κ2) is 14.1. The van der Waals surface area contributed by atoms with Gasteiger partial charge in [-0.25, -0.2) is 0 Å². The van der Waals surface area contributed by atoms with Crippen LogP contribution >= 0.6 is 24.8 Å². The zero-order valence-corrected chi connectivity index (χ0v) is 19.2. The zero-order chi connectivity index (χ0) is 18.9. The van der Waals surface area contributed by atoms with Gasteiger partial charge in [-0.05, 0) is 76.4 Å². The zero-order valence-electron chi connectivity index (χ0n) is 17.6. The van der Waals surface area contributed by atoms with Crippen molar-refractivity contribution in [3.63, 3.8) is 0 Å². The first-order valence-corrected chi connectivity index (χ1v) is 10.6. The average molecular weight is 446 g/mol. The molecule has 1 fully saturated rings. The molecule has 1 aromatic carbocycles. The largest absolute Gasteiger partial charge is 0.492 e. The van der Waals surface area contributed by atoms with Crippen molar-refractivity contribution in [3.05, 3.63) is 29.8 Å². The number of piperidine rings is 1. The van der Waals surface area contributed by atoms with Crippen molar-refractivity contribution in [3.8, 4) is 5.75 Å². The SMILES string of the molecule is CNCC(=O)N1CCCCN2CCCCC2CCc2cccc(c2)OCC1.Cl.Cl. The van der Waals surface area contributed by atoms with E-state index < -0.39 is 0 Å². The molecule has 2 aliphatic rings. The summed E-state index contributed by atoms with van der Waals surface area (Å²) in [4.78, 5) is 17.0. The van der Waals surface area contributed by atoms with Gasteiger partial charge in [0.1, 0.15) is 12.4 Å². The third kappa shape index (κ3) is 8.33. The fourth-order valence-electron chi connectivity index (χ4n) is 4.32. The van der Waals surface area contributed by atoms with Gasteiger partial charge in [0.25, 0.3) is 0 Å². The van der Waals surface area contributed by atoms with E-state index in [1.807, 2.05) is 18.0 Å². The van der Waals surface area contributed by atoms with Crippen LogP contribution in [0, 0.1) is 0 Å². The van der Waals surface area contributed by atoms with Gasteiger partial charge in [0.15, 0.2) is 0 Å². The second-order valence-corrected chi connectivity index (χ2v) is 7.84. The van der Waals surface area contributed by atoms with Crippen molar-refractivity contribution in [1.82, 2.24) is 15.1 Å². The Morgan fingerprint density at radius 3 is 2.62 bits per heavy atom. The number of amides is 1. The lowest BCUT2D eigenvalue weighted by atomic mass is 9.95. The number of hydrogen-bond acceptors (Lipinski definition) is 4. The minimum Gasteiger partial charge on any atom is -0.492 e. The van der Waals surface area contributed by atoms with Crippen molar-refractivity contribution in [1.29, 1.82) is 0 Å². The number of hydrogen-bond donors (Lipinski definition) is 1. The summed E-state index contributed by atoms with van der Waals surface area (Å²) >= 11 is 0. The molecular formula is C22H37Cl2N3O2. The molecular weight excluding hydrogens is 409 g/mol. The van der Waals surface area contributed by atoms with Crippen LogP contribution in [0.15, 0.2) is 24.3 Å². The standard InChI is InChI=1S/C22H35N3O2.2ClH/c1-23-18-22(26)25-14-5-4-13-24-12-3-2-8-20(24)11-10-19-7-6-9-21(17-19)27-16-15-25;;/h6-7,9,17,20,23H,2-5,8,10-16,18H2,1H3;2*1H. The van der Waals surface area contributed by atoms with E-state index in [9.17, 15) is 4.79 Å². The van der Waals surface area contributed by atoms with Gasteiger partial charge in [-0.2, -0.15) is 0 Å². The summed E-state index contributed by atoms with van der Waals surface area (Å²) in [6.45, 7) is 4.81. The molecule has 5 nitrogen and oxygen atoms in total. The molecule has 2 heterocycles. The average Bonchev–Trinajstić information content (AvgIpc) is 2.69. The van der Waals surface area contributed by atoms with E-state index in [1.54, 1.807) is 0 Å². The van der Waals surface area contributed by atoms with Crippen LogP contribution in [0.1, 0.15) is 44.1 Å². The van der Waals surface area contributed by atoms with Gasteiger partial charge in [-0.3, -0.25) is 4.79 Å². The first-order valence-electron chi connectivity index (χ1n) is 10.6. The third-order valence-corrected chi connectivity index (χ3v) is 5.85. The molecule has 1 atom stereocenters. The lowest BCUT2D eigenvalue weighted by Crippen LogP contribution is -2.41. The van der Waals surface area contributed by atoms with Crippen LogP contribution in [0.4, 0.5) is 0 Å². The van der Waals surface area contributed by atoms with Gasteiger partial charge >= 0.3 is 0 Å². The maximum absolute atomic E-state index is 12.4. The maximum Gasteiger partial charge on any atom is 0.236 e. The number of aryl methyl sites for hydroxylation is 1. The van der Waals surface area contributed by atoms with Crippen molar-refractivity contribution >= 4 is 30.7 Å². The van der Waals surface area contributed by atoms with Gasteiger partial charge < -0.3 is 19.9 Å². The molecule has 1 saturated heterocycles. The summed E-state index contributed by atoms with van der Waals surface area (Å²) in [6, 6.07) is 9.20. The molecule has 7 heteroatoms. The predicted molar refractivity (Wildman–Crippen MR) is 124 cm³/mol. The van der Waals surface area contributed by atoms with E-state index in [2.05, 4.69) is 28.4 Å². The molecule has 1 aromatic rings. The Labute approximate surface area is 188 Å². The normalized spacial score (nSPS) is 21.3. The van der Waals surface area contributed by atoms with Gasteiger partial charge in [0.2, 0.25) is 5.91 Å². The molecule has 0 radical (unpaired) electrons. The van der Waals surface area contributed by atoms with Crippen LogP contribution in [0.2, 0.25) is 0 Å². The molecule has 0 saturated carbocycles. The van der Waals surface area contributed by atoms with Crippen LogP contribution in [-0.2, 0) is 11.2 Å². The molecule has 2 aliphatic heterocycles. The quantitative estimate of drug-likeness (QED) is 0.755. The first-order chi connectivity index (χ1) is 13.3. The van der Waals surface area contributed by atoms with E-state index in [0.717, 1.165) is 38.1 Å². The molecule has 3 rings (SSSR count). The maximum atomic E-state index is 12.4. The molecule has 1 unspecified atom stereocenters.